The van der Waals surface area contributed by atoms with Gasteiger partial charge in [0, 0.05) is 26.1 Å². The van der Waals surface area contributed by atoms with Crippen LogP contribution >= 0.6 is 0 Å². The summed E-state index contributed by atoms with van der Waals surface area (Å²) in [7, 11) is 2.23. The van der Waals surface area contributed by atoms with Crippen LogP contribution < -0.4 is 4.74 Å². The fraction of sp³-hybridized carbons (Fsp3) is 0.667. The molecule has 1 saturated heterocycles. The maximum Gasteiger partial charge on any atom is 0.123 e. The van der Waals surface area contributed by atoms with Gasteiger partial charge in [-0.25, -0.2) is 0 Å². The number of likely N-dealkylation sites (tertiary alicyclic amines) is 1. The summed E-state index contributed by atoms with van der Waals surface area (Å²) < 4.78 is 5.77. The second kappa shape index (κ2) is 6.80. The normalized spacial score (nSPS) is 22.3. The zero-order valence-corrected chi connectivity index (χ0v) is 13.5. The van der Waals surface area contributed by atoms with Gasteiger partial charge >= 0.3 is 0 Å². The molecule has 0 spiro atoms. The SMILES string of the molecule is C[C@@H]1Cc2cc(CN(C)CCN3CCCCC3)ccc2O1. The lowest BCUT2D eigenvalue weighted by molar-refractivity contribution is 0.194. The van der Waals surface area contributed by atoms with Crippen LogP contribution in [0.2, 0.25) is 0 Å². The van der Waals surface area contributed by atoms with Gasteiger partial charge in [0.2, 0.25) is 0 Å². The van der Waals surface area contributed by atoms with Crippen LogP contribution in [0.3, 0.4) is 0 Å². The van der Waals surface area contributed by atoms with Crippen LogP contribution in [0.4, 0.5) is 0 Å². The number of rotatable bonds is 5. The molecule has 0 aliphatic carbocycles. The van der Waals surface area contributed by atoms with Crippen LogP contribution in [0, 0.1) is 0 Å². The van der Waals surface area contributed by atoms with Crippen LogP contribution in [0.25, 0.3) is 0 Å². The molecular weight excluding hydrogens is 260 g/mol. The maximum atomic E-state index is 5.77. The molecule has 0 amide bonds. The first kappa shape index (κ1) is 14.9. The van der Waals surface area contributed by atoms with Gasteiger partial charge in [-0.2, -0.15) is 0 Å². The van der Waals surface area contributed by atoms with Crippen molar-refractivity contribution in [2.24, 2.45) is 0 Å². The molecule has 3 nitrogen and oxygen atoms in total. The maximum absolute atomic E-state index is 5.77. The Kier molecular flexibility index (Phi) is 4.81. The molecule has 0 saturated carbocycles. The fourth-order valence-corrected chi connectivity index (χ4v) is 3.46. The molecule has 1 fully saturated rings. The van der Waals surface area contributed by atoms with Crippen molar-refractivity contribution < 1.29 is 4.74 Å². The molecular formula is C18H28N2O. The molecule has 3 heteroatoms. The van der Waals surface area contributed by atoms with Gasteiger partial charge in [-0.3, -0.25) is 0 Å². The van der Waals surface area contributed by atoms with Crippen molar-refractivity contribution in [1.29, 1.82) is 0 Å². The average molecular weight is 288 g/mol. The molecule has 0 N–H and O–H groups in total. The van der Waals surface area contributed by atoms with E-state index in [9.17, 15) is 0 Å². The number of piperidine rings is 1. The minimum atomic E-state index is 0.340. The van der Waals surface area contributed by atoms with Crippen molar-refractivity contribution in [3.05, 3.63) is 29.3 Å². The van der Waals surface area contributed by atoms with Crippen molar-refractivity contribution >= 4 is 0 Å². The Morgan fingerprint density at radius 2 is 2.05 bits per heavy atom. The van der Waals surface area contributed by atoms with Crippen molar-refractivity contribution in [2.45, 2.75) is 45.3 Å². The van der Waals surface area contributed by atoms with Gasteiger partial charge in [0.25, 0.3) is 0 Å². The van der Waals surface area contributed by atoms with E-state index in [4.69, 9.17) is 4.74 Å². The molecule has 0 unspecified atom stereocenters. The average Bonchev–Trinajstić information content (AvgIpc) is 2.85. The smallest absolute Gasteiger partial charge is 0.123 e. The molecule has 116 valence electrons. The number of benzene rings is 1. The molecule has 2 aliphatic rings. The minimum Gasteiger partial charge on any atom is -0.490 e. The lowest BCUT2D eigenvalue weighted by Crippen LogP contribution is -2.36. The zero-order chi connectivity index (χ0) is 14.7. The predicted molar refractivity (Wildman–Crippen MR) is 86.9 cm³/mol. The summed E-state index contributed by atoms with van der Waals surface area (Å²) in [5.74, 6) is 1.09. The Labute approximate surface area is 128 Å². The van der Waals surface area contributed by atoms with E-state index in [0.29, 0.717) is 6.10 Å². The number of hydrogen-bond donors (Lipinski definition) is 0. The standard InChI is InChI=1S/C18H28N2O/c1-15-12-17-13-16(6-7-18(17)21-15)14-19(2)10-11-20-8-4-3-5-9-20/h6-7,13,15H,3-5,8-12,14H2,1-2H3/t15-/m1/s1. The van der Waals surface area contributed by atoms with Gasteiger partial charge in [0.1, 0.15) is 11.9 Å². The van der Waals surface area contributed by atoms with Crippen molar-refractivity contribution in [3.8, 4) is 5.75 Å². The van der Waals surface area contributed by atoms with Crippen LogP contribution in [-0.2, 0) is 13.0 Å². The minimum absolute atomic E-state index is 0.340. The lowest BCUT2D eigenvalue weighted by Gasteiger charge is -2.28. The summed E-state index contributed by atoms with van der Waals surface area (Å²) in [5.41, 5.74) is 2.79. The second-order valence-electron chi connectivity index (χ2n) is 6.71. The molecule has 1 aromatic rings. The first-order chi connectivity index (χ1) is 10.2. The van der Waals surface area contributed by atoms with Gasteiger partial charge in [0.15, 0.2) is 0 Å². The fourth-order valence-electron chi connectivity index (χ4n) is 3.46. The third kappa shape index (κ3) is 3.98. The first-order valence-corrected chi connectivity index (χ1v) is 8.40. The van der Waals surface area contributed by atoms with E-state index in [-0.39, 0.29) is 0 Å². The van der Waals surface area contributed by atoms with E-state index in [1.54, 1.807) is 0 Å². The van der Waals surface area contributed by atoms with Gasteiger partial charge in [-0.1, -0.05) is 18.6 Å². The number of nitrogens with zero attached hydrogens (tertiary/aromatic N) is 2. The Bertz CT molecular complexity index is 468. The predicted octanol–water partition coefficient (Wildman–Crippen LogP) is 2.93. The van der Waals surface area contributed by atoms with E-state index in [2.05, 4.69) is 42.0 Å². The molecule has 0 radical (unpaired) electrons. The van der Waals surface area contributed by atoms with E-state index < -0.39 is 0 Å². The van der Waals surface area contributed by atoms with E-state index in [1.807, 2.05) is 0 Å². The largest absolute Gasteiger partial charge is 0.490 e. The zero-order valence-electron chi connectivity index (χ0n) is 13.5. The molecule has 21 heavy (non-hydrogen) atoms. The van der Waals surface area contributed by atoms with Crippen molar-refractivity contribution in [3.63, 3.8) is 0 Å². The number of hydrogen-bond acceptors (Lipinski definition) is 3. The molecule has 3 rings (SSSR count). The van der Waals surface area contributed by atoms with Gasteiger partial charge in [-0.15, -0.1) is 0 Å². The molecule has 0 aromatic heterocycles. The third-order valence-electron chi connectivity index (χ3n) is 4.66. The quantitative estimate of drug-likeness (QED) is 0.828. The second-order valence-corrected chi connectivity index (χ2v) is 6.71. The number of fused-ring (bicyclic) bond motifs is 1. The molecule has 0 bridgehead atoms. The Morgan fingerprint density at radius 1 is 1.24 bits per heavy atom. The molecule has 1 atom stereocenters. The van der Waals surface area contributed by atoms with Crippen LogP contribution in [0.5, 0.6) is 5.75 Å². The topological polar surface area (TPSA) is 15.7 Å². The van der Waals surface area contributed by atoms with E-state index in [1.165, 1.54) is 50.0 Å². The highest BCUT2D eigenvalue weighted by atomic mass is 16.5. The molecule has 1 aromatic carbocycles. The van der Waals surface area contributed by atoms with Crippen LogP contribution in [-0.4, -0.2) is 49.1 Å². The molecule has 2 heterocycles. The highest BCUT2D eigenvalue weighted by Crippen LogP contribution is 2.29. The van der Waals surface area contributed by atoms with Gasteiger partial charge in [0.05, 0.1) is 0 Å². The van der Waals surface area contributed by atoms with Crippen LogP contribution in [0.15, 0.2) is 18.2 Å². The highest BCUT2D eigenvalue weighted by molar-refractivity contribution is 5.40. The summed E-state index contributed by atoms with van der Waals surface area (Å²) in [5, 5.41) is 0. The summed E-state index contributed by atoms with van der Waals surface area (Å²) in [4.78, 5) is 5.05. The van der Waals surface area contributed by atoms with Crippen LogP contribution in [0.1, 0.15) is 37.3 Å². The van der Waals surface area contributed by atoms with Crippen molar-refractivity contribution in [1.82, 2.24) is 9.80 Å². The summed E-state index contributed by atoms with van der Waals surface area (Å²) in [6, 6.07) is 6.69. The number of likely N-dealkylation sites (N-methyl/N-ethyl adjacent to an activating group) is 1. The Hall–Kier alpha value is -1.06. The third-order valence-corrected chi connectivity index (χ3v) is 4.66. The van der Waals surface area contributed by atoms with E-state index in [0.717, 1.165) is 25.3 Å². The summed E-state index contributed by atoms with van der Waals surface area (Å²) in [6.45, 7) is 8.13. The first-order valence-electron chi connectivity index (χ1n) is 8.40. The van der Waals surface area contributed by atoms with Crippen molar-refractivity contribution in [2.75, 3.05) is 33.2 Å². The highest BCUT2D eigenvalue weighted by Gasteiger charge is 2.19. The number of ether oxygens (including phenoxy) is 1. The molecule has 2 aliphatic heterocycles. The summed E-state index contributed by atoms with van der Waals surface area (Å²) in [6.07, 6.45) is 5.58. The summed E-state index contributed by atoms with van der Waals surface area (Å²) >= 11 is 0. The van der Waals surface area contributed by atoms with Gasteiger partial charge in [-0.05, 0) is 57.1 Å². The van der Waals surface area contributed by atoms with Gasteiger partial charge < -0.3 is 14.5 Å². The van der Waals surface area contributed by atoms with E-state index >= 15 is 0 Å². The lowest BCUT2D eigenvalue weighted by atomic mass is 10.1. The Balaban J connectivity index is 1.48. The monoisotopic (exact) mass is 288 g/mol. The Morgan fingerprint density at radius 3 is 2.86 bits per heavy atom.